The van der Waals surface area contributed by atoms with Crippen molar-refractivity contribution in [2.75, 3.05) is 7.11 Å². The zero-order chi connectivity index (χ0) is 22.9. The second-order valence-corrected chi connectivity index (χ2v) is 7.30. The summed E-state index contributed by atoms with van der Waals surface area (Å²) in [6.45, 7) is 0. The quantitative estimate of drug-likeness (QED) is 0.372. The summed E-state index contributed by atoms with van der Waals surface area (Å²) >= 11 is 0. The van der Waals surface area contributed by atoms with Gasteiger partial charge in [-0.05, 0) is 6.07 Å². The van der Waals surface area contributed by atoms with Gasteiger partial charge in [0.15, 0.2) is 17.3 Å². The largest absolute Gasteiger partial charge is 0.479 e. The van der Waals surface area contributed by atoms with Gasteiger partial charge in [-0.15, -0.1) is 5.10 Å². The molecule has 9 nitrogen and oxygen atoms in total. The standard InChI is InChI=1S/C23H18FN7O2/c1-30-21(16(12-27-30)20-23(33-2)26-9-8-25-20)18(32)10-15-11-19-28-22(14-6-4-3-5-7-14)29-31(19)13-17(15)24/h3-9,11-13H,10H2,1-2H3. The molecule has 5 aromatic rings. The van der Waals surface area contributed by atoms with Crippen LogP contribution in [0.5, 0.6) is 5.88 Å². The average Bonchev–Trinajstić information content (AvgIpc) is 3.42. The maximum Gasteiger partial charge on any atom is 0.240 e. The van der Waals surface area contributed by atoms with Crippen LogP contribution in [0.25, 0.3) is 28.3 Å². The van der Waals surface area contributed by atoms with Gasteiger partial charge in [-0.1, -0.05) is 30.3 Å². The van der Waals surface area contributed by atoms with Gasteiger partial charge in [0.1, 0.15) is 17.2 Å². The molecule has 4 aromatic heterocycles. The molecule has 33 heavy (non-hydrogen) atoms. The fourth-order valence-corrected chi connectivity index (χ4v) is 3.65. The number of carbonyl (C=O) groups excluding carboxylic acids is 1. The smallest absolute Gasteiger partial charge is 0.240 e. The molecule has 0 N–H and O–H groups in total. The van der Waals surface area contributed by atoms with E-state index in [2.05, 4.69) is 25.1 Å². The third-order valence-corrected chi connectivity index (χ3v) is 5.20. The number of halogens is 1. The molecule has 0 amide bonds. The van der Waals surface area contributed by atoms with E-state index in [4.69, 9.17) is 4.74 Å². The third-order valence-electron chi connectivity index (χ3n) is 5.20. The monoisotopic (exact) mass is 443 g/mol. The summed E-state index contributed by atoms with van der Waals surface area (Å²) in [4.78, 5) is 26.1. The maximum atomic E-state index is 14.9. The van der Waals surface area contributed by atoms with Crippen molar-refractivity contribution in [1.29, 1.82) is 0 Å². The molecule has 0 fully saturated rings. The van der Waals surface area contributed by atoms with Gasteiger partial charge in [0.2, 0.25) is 5.88 Å². The fourth-order valence-electron chi connectivity index (χ4n) is 3.65. The Kier molecular flexibility index (Phi) is 5.09. The Morgan fingerprint density at radius 3 is 2.73 bits per heavy atom. The van der Waals surface area contributed by atoms with Crippen LogP contribution < -0.4 is 4.74 Å². The van der Waals surface area contributed by atoms with Crippen molar-refractivity contribution in [1.82, 2.24) is 34.3 Å². The second kappa shape index (κ2) is 8.23. The van der Waals surface area contributed by atoms with Crippen LogP contribution >= 0.6 is 0 Å². The number of carbonyl (C=O) groups is 1. The van der Waals surface area contributed by atoms with Gasteiger partial charge in [0.05, 0.1) is 25.1 Å². The van der Waals surface area contributed by atoms with Crippen molar-refractivity contribution in [2.24, 2.45) is 7.05 Å². The first kappa shape index (κ1) is 20.4. The van der Waals surface area contributed by atoms with Gasteiger partial charge in [-0.3, -0.25) is 9.48 Å². The van der Waals surface area contributed by atoms with Crippen molar-refractivity contribution in [3.8, 4) is 28.5 Å². The highest BCUT2D eigenvalue weighted by Gasteiger charge is 2.23. The van der Waals surface area contributed by atoms with Gasteiger partial charge in [-0.2, -0.15) is 5.10 Å². The lowest BCUT2D eigenvalue weighted by Gasteiger charge is -2.08. The molecule has 164 valence electrons. The van der Waals surface area contributed by atoms with Crippen LogP contribution in [0.4, 0.5) is 4.39 Å². The molecule has 0 radical (unpaired) electrons. The molecule has 5 rings (SSSR count). The number of methoxy groups -OCH3 is 1. The Bertz CT molecular complexity index is 1480. The van der Waals surface area contributed by atoms with E-state index >= 15 is 0 Å². The van der Waals surface area contributed by atoms with Crippen molar-refractivity contribution in [2.45, 2.75) is 6.42 Å². The van der Waals surface area contributed by atoms with Gasteiger partial charge in [0, 0.05) is 37.0 Å². The van der Waals surface area contributed by atoms with Crippen molar-refractivity contribution >= 4 is 11.4 Å². The molecule has 0 aliphatic rings. The van der Waals surface area contributed by atoms with E-state index in [1.54, 1.807) is 7.05 Å². The molecule has 10 heteroatoms. The lowest BCUT2D eigenvalue weighted by molar-refractivity contribution is 0.0983. The van der Waals surface area contributed by atoms with Gasteiger partial charge < -0.3 is 4.74 Å². The maximum absolute atomic E-state index is 14.9. The van der Waals surface area contributed by atoms with Crippen LogP contribution in [0.1, 0.15) is 16.1 Å². The molecule has 0 bridgehead atoms. The number of Topliss-reactive ketones (excluding diaryl/α,β-unsaturated/α-hetero) is 1. The Morgan fingerprint density at radius 1 is 1.15 bits per heavy atom. The topological polar surface area (TPSA) is 100 Å². The summed E-state index contributed by atoms with van der Waals surface area (Å²) in [5.74, 6) is -0.142. The normalized spacial score (nSPS) is 11.1. The molecule has 0 spiro atoms. The molecule has 0 aliphatic carbocycles. The number of rotatable bonds is 6. The van der Waals surface area contributed by atoms with E-state index in [9.17, 15) is 9.18 Å². The number of ether oxygens (including phenoxy) is 1. The van der Waals surface area contributed by atoms with E-state index in [0.717, 1.165) is 5.56 Å². The highest BCUT2D eigenvalue weighted by atomic mass is 19.1. The number of aryl methyl sites for hydroxylation is 1. The first-order valence-corrected chi connectivity index (χ1v) is 10.1. The molecular weight excluding hydrogens is 425 g/mol. The lowest BCUT2D eigenvalue weighted by Crippen LogP contribution is -2.13. The van der Waals surface area contributed by atoms with E-state index in [1.165, 1.54) is 47.2 Å². The molecule has 0 saturated carbocycles. The highest BCUT2D eigenvalue weighted by molar-refractivity contribution is 6.02. The predicted octanol–water partition coefficient (Wildman–Crippen LogP) is 3.16. The van der Waals surface area contributed by atoms with E-state index in [0.29, 0.717) is 22.7 Å². The Morgan fingerprint density at radius 2 is 1.94 bits per heavy atom. The zero-order valence-electron chi connectivity index (χ0n) is 17.8. The molecular formula is C23H18FN7O2. The molecule has 4 heterocycles. The van der Waals surface area contributed by atoms with Crippen LogP contribution in [0.15, 0.2) is 61.2 Å². The second-order valence-electron chi connectivity index (χ2n) is 7.30. The van der Waals surface area contributed by atoms with Crippen LogP contribution in [-0.4, -0.2) is 47.2 Å². The third kappa shape index (κ3) is 3.71. The van der Waals surface area contributed by atoms with Crippen molar-refractivity contribution in [3.63, 3.8) is 0 Å². The Labute approximate surface area is 187 Å². The summed E-state index contributed by atoms with van der Waals surface area (Å²) in [5.41, 5.74) is 2.59. The number of benzene rings is 1. The highest BCUT2D eigenvalue weighted by Crippen LogP contribution is 2.29. The first-order chi connectivity index (χ1) is 16.0. The number of fused-ring (bicyclic) bond motifs is 1. The van der Waals surface area contributed by atoms with E-state index in [1.807, 2.05) is 30.3 Å². The van der Waals surface area contributed by atoms with E-state index in [-0.39, 0.29) is 29.3 Å². The number of ketones is 1. The number of hydrogen-bond acceptors (Lipinski definition) is 7. The van der Waals surface area contributed by atoms with Crippen LogP contribution in [0.3, 0.4) is 0 Å². The summed E-state index contributed by atoms with van der Waals surface area (Å²) in [5, 5.41) is 8.53. The minimum atomic E-state index is -0.554. The number of aromatic nitrogens is 7. The fraction of sp³-hybridized carbons (Fsp3) is 0.130. The van der Waals surface area contributed by atoms with Crippen LogP contribution in [0, 0.1) is 5.82 Å². The minimum Gasteiger partial charge on any atom is -0.479 e. The molecule has 0 atom stereocenters. The van der Waals surface area contributed by atoms with E-state index < -0.39 is 5.82 Å². The van der Waals surface area contributed by atoms with Gasteiger partial charge in [0.25, 0.3) is 0 Å². The summed E-state index contributed by atoms with van der Waals surface area (Å²) in [6.07, 6.45) is 5.55. The SMILES string of the molecule is COc1nccnc1-c1cnn(C)c1C(=O)Cc1cc2nc(-c3ccccc3)nn2cc1F. The summed E-state index contributed by atoms with van der Waals surface area (Å²) in [6, 6.07) is 10.9. The number of pyridine rings is 1. The Hall–Kier alpha value is -4.47. The molecule has 0 unspecified atom stereocenters. The zero-order valence-corrected chi connectivity index (χ0v) is 17.8. The molecule has 0 aliphatic heterocycles. The predicted molar refractivity (Wildman–Crippen MR) is 117 cm³/mol. The van der Waals surface area contributed by atoms with Crippen molar-refractivity contribution < 1.29 is 13.9 Å². The minimum absolute atomic E-state index is 0.190. The van der Waals surface area contributed by atoms with Gasteiger partial charge in [-0.25, -0.2) is 23.9 Å². The number of hydrogen-bond donors (Lipinski definition) is 0. The first-order valence-electron chi connectivity index (χ1n) is 10.1. The van der Waals surface area contributed by atoms with Crippen LogP contribution in [0.2, 0.25) is 0 Å². The molecule has 1 aromatic carbocycles. The average molecular weight is 443 g/mol. The molecule has 0 saturated heterocycles. The Balaban J connectivity index is 1.50. The van der Waals surface area contributed by atoms with Crippen LogP contribution in [-0.2, 0) is 13.5 Å². The summed E-state index contributed by atoms with van der Waals surface area (Å²) < 4.78 is 22.9. The van der Waals surface area contributed by atoms with Crippen molar-refractivity contribution in [3.05, 3.63) is 78.3 Å². The number of nitrogens with zero attached hydrogens (tertiary/aromatic N) is 7. The van der Waals surface area contributed by atoms with Gasteiger partial charge >= 0.3 is 0 Å². The summed E-state index contributed by atoms with van der Waals surface area (Å²) in [7, 11) is 3.11. The lowest BCUT2D eigenvalue weighted by atomic mass is 10.0.